The Kier molecular flexibility index (Phi) is 20.9. The van der Waals surface area contributed by atoms with Crippen LogP contribution in [0.3, 0.4) is 0 Å². The summed E-state index contributed by atoms with van der Waals surface area (Å²) in [4.78, 5) is 196. The van der Waals surface area contributed by atoms with E-state index in [4.69, 9.17) is 57.5 Å². The van der Waals surface area contributed by atoms with Crippen molar-refractivity contribution in [2.75, 3.05) is 0 Å². The molecule has 4 aliphatic heterocycles. The highest BCUT2D eigenvalue weighted by molar-refractivity contribution is 6.28. The summed E-state index contributed by atoms with van der Waals surface area (Å²) in [5.41, 5.74) is -6.87. The van der Waals surface area contributed by atoms with Gasteiger partial charge in [-0.3, -0.25) is 70.3 Å². The van der Waals surface area contributed by atoms with Gasteiger partial charge in [0.25, 0.3) is 45.2 Å². The standard InChI is InChI=1S/2C42H34N6O15/c2*1-7-42(61-38(50)20(3)63-44-36-26-13-23(46(53)54)10-19(2)33(26)34-27(36)14-24(47(55)56)15-31(34)48(57)58)29-16-32-35-22(17-45(32)37(49)28(29)18-59-39(42)51)11-21-12-25(8-9-30(21)43-35)60-40(52)62-41(4,5)6/h2*8-16,20H,7,17-18H2,1-6H3/b2*44-36-/t20-,42+;20-,42-/m10/s1. The van der Waals surface area contributed by atoms with Crippen molar-refractivity contribution >= 4 is 104 Å². The number of rotatable bonds is 18. The number of aromatic nitrogens is 4. The van der Waals surface area contributed by atoms with Crippen LogP contribution in [0.2, 0.25) is 0 Å². The Labute approximate surface area is 706 Å². The smallest absolute Gasteiger partial charge is 0.457 e. The molecule has 0 saturated heterocycles. The van der Waals surface area contributed by atoms with Crippen molar-refractivity contribution in [3.05, 3.63) is 257 Å². The van der Waals surface area contributed by atoms with Gasteiger partial charge in [0.05, 0.1) is 111 Å². The van der Waals surface area contributed by atoms with Crippen LogP contribution in [0.25, 0.3) is 66.8 Å². The average Bonchev–Trinajstić information content (AvgIpc) is 1.49. The van der Waals surface area contributed by atoms with Crippen LogP contribution in [0.15, 0.2) is 129 Å². The van der Waals surface area contributed by atoms with Crippen LogP contribution in [0.1, 0.15) is 149 Å². The average molecular weight is 1730 g/mol. The summed E-state index contributed by atoms with van der Waals surface area (Å²) in [6, 6.07) is 24.3. The molecule has 0 fully saturated rings. The quantitative estimate of drug-likeness (QED) is 0.0253. The number of ether oxygens (including phenoxy) is 8. The molecule has 0 unspecified atom stereocenters. The molecule has 6 aliphatic rings. The van der Waals surface area contributed by atoms with Gasteiger partial charge in [0.15, 0.2) is 0 Å². The van der Waals surface area contributed by atoms with Gasteiger partial charge in [-0.2, -0.15) is 0 Å². The van der Waals surface area contributed by atoms with E-state index in [0.717, 1.165) is 36.4 Å². The number of aryl methyl sites for hydroxylation is 2. The first-order valence-corrected chi connectivity index (χ1v) is 38.5. The van der Waals surface area contributed by atoms with E-state index < -0.39 is 159 Å². The Morgan fingerprint density at radius 2 is 0.817 bits per heavy atom. The van der Waals surface area contributed by atoms with Gasteiger partial charge in [-0.05, 0) is 154 Å². The van der Waals surface area contributed by atoms with E-state index in [9.17, 15) is 99.0 Å². The number of non-ortho nitro benzene ring substituents is 4. The Morgan fingerprint density at radius 3 is 1.14 bits per heavy atom. The molecule has 2 aliphatic carbocycles. The summed E-state index contributed by atoms with van der Waals surface area (Å²) in [6.45, 7) is 18.0. The second-order valence-electron chi connectivity index (χ2n) is 31.9. The first-order valence-electron chi connectivity index (χ1n) is 38.5. The van der Waals surface area contributed by atoms with Crippen molar-refractivity contribution in [3.63, 3.8) is 0 Å². The molecule has 4 aromatic heterocycles. The van der Waals surface area contributed by atoms with Gasteiger partial charge < -0.3 is 56.7 Å². The van der Waals surface area contributed by atoms with E-state index in [1.165, 1.54) is 74.9 Å². The largest absolute Gasteiger partial charge is 0.514 e. The Morgan fingerprint density at radius 1 is 0.476 bits per heavy atom. The van der Waals surface area contributed by atoms with Gasteiger partial charge in [-0.1, -0.05) is 24.2 Å². The normalized spacial score (nSPS) is 16.8. The van der Waals surface area contributed by atoms with Crippen LogP contribution in [0.4, 0.5) is 43.7 Å². The molecule has 8 heterocycles. The number of carbonyl (C=O) groups is 6. The monoisotopic (exact) mass is 1720 g/mol. The first-order chi connectivity index (χ1) is 59.4. The third kappa shape index (κ3) is 14.8. The third-order valence-corrected chi connectivity index (χ3v) is 21.5. The third-order valence-electron chi connectivity index (χ3n) is 21.5. The number of benzene rings is 6. The number of nitro groups is 6. The molecular weight excluding hydrogens is 1660 g/mol. The molecule has 6 aromatic carbocycles. The number of nitro benzene ring substituents is 6. The maximum Gasteiger partial charge on any atom is 0.514 e. The molecule has 126 heavy (non-hydrogen) atoms. The number of fused-ring (bicyclic) bond motifs is 16. The highest BCUT2D eigenvalue weighted by Crippen LogP contribution is 2.51. The fourth-order valence-corrected chi connectivity index (χ4v) is 15.9. The summed E-state index contributed by atoms with van der Waals surface area (Å²) in [6.07, 6.45) is -5.47. The number of nitrogens with zero attached hydrogens (tertiary/aromatic N) is 12. The van der Waals surface area contributed by atoms with Crippen LogP contribution in [0, 0.1) is 74.5 Å². The number of hydrogen-bond donors (Lipinski definition) is 0. The van der Waals surface area contributed by atoms with E-state index in [-0.39, 0.29) is 127 Å². The molecule has 10 aromatic rings. The second-order valence-corrected chi connectivity index (χ2v) is 31.9. The number of oxime groups is 2. The van der Waals surface area contributed by atoms with Crippen molar-refractivity contribution in [2.24, 2.45) is 10.3 Å². The molecule has 42 heteroatoms. The Bertz CT molecular complexity index is 6450. The van der Waals surface area contributed by atoms with Crippen molar-refractivity contribution in [1.29, 1.82) is 0 Å². The summed E-state index contributed by atoms with van der Waals surface area (Å²) in [5.74, 6) is -3.87. The molecule has 0 spiro atoms. The number of esters is 4. The Hall–Kier alpha value is -16.2. The summed E-state index contributed by atoms with van der Waals surface area (Å²) < 4.78 is 46.8. The minimum atomic E-state index is -2.16. The van der Waals surface area contributed by atoms with Crippen LogP contribution < -0.4 is 20.6 Å². The van der Waals surface area contributed by atoms with E-state index in [0.29, 0.717) is 55.7 Å². The zero-order chi connectivity index (χ0) is 90.9. The fourth-order valence-electron chi connectivity index (χ4n) is 15.9. The van der Waals surface area contributed by atoms with E-state index in [2.05, 4.69) is 10.3 Å². The van der Waals surface area contributed by atoms with Crippen LogP contribution in [0.5, 0.6) is 11.5 Å². The molecule has 0 saturated carbocycles. The van der Waals surface area contributed by atoms with Crippen molar-refractivity contribution < 1.29 is 106 Å². The van der Waals surface area contributed by atoms with Crippen LogP contribution in [-0.2, 0) is 94.8 Å². The molecule has 0 bridgehead atoms. The lowest BCUT2D eigenvalue weighted by Gasteiger charge is -2.36. The number of carbonyl (C=O) groups excluding carboxylic acids is 6. The number of cyclic esters (lactones) is 2. The molecular formula is C84H68N12O30. The van der Waals surface area contributed by atoms with Crippen LogP contribution >= 0.6 is 0 Å². The molecule has 0 amide bonds. The fraction of sp³-hybridized carbons (Fsp3) is 0.286. The van der Waals surface area contributed by atoms with Gasteiger partial charge in [0.1, 0.15) is 47.3 Å². The van der Waals surface area contributed by atoms with E-state index in [1.54, 1.807) is 90.1 Å². The van der Waals surface area contributed by atoms with Gasteiger partial charge in [-0.25, -0.2) is 38.7 Å². The molecule has 42 nitrogen and oxygen atoms in total. The SMILES string of the molecule is CC[C@@]1(OC(=O)[C@@H](C)O/N=C2/c3cc([N+](=O)[O-])cc(C)c3-c3c2cc([N+](=O)[O-])cc3[N+](=O)[O-])C(=O)OCc2c1cc1n(c2=O)Cc2cc3cc(OC(=O)OC(C)(C)C)ccc3nc2-1.CC[C@@]1(OC(=O)[C@H](C)O/N=C2/c3cc([N+](=O)[O-])cc(C)c3-c3c2cc([N+](=O)[O-])cc3[N+](=O)[O-])C(=O)OCc2c1cc1n(c2=O)Cc2cc3cc(OC(=O)OC(C)(C)C)ccc3nc2-1. The second kappa shape index (κ2) is 31.0. The summed E-state index contributed by atoms with van der Waals surface area (Å²) in [5, 5.41) is 81.0. The van der Waals surface area contributed by atoms with Gasteiger partial charge in [0, 0.05) is 103 Å². The molecule has 4 atom stereocenters. The highest BCUT2D eigenvalue weighted by Gasteiger charge is 2.54. The van der Waals surface area contributed by atoms with Crippen molar-refractivity contribution in [1.82, 2.24) is 19.1 Å². The topological polar surface area (TPSA) is 548 Å². The number of pyridine rings is 4. The van der Waals surface area contributed by atoms with Gasteiger partial charge in [0.2, 0.25) is 23.4 Å². The zero-order valence-corrected chi connectivity index (χ0v) is 68.4. The predicted octanol–water partition coefficient (Wildman–Crippen LogP) is 13.6. The zero-order valence-electron chi connectivity index (χ0n) is 68.4. The minimum Gasteiger partial charge on any atom is -0.457 e. The van der Waals surface area contributed by atoms with Crippen molar-refractivity contribution in [3.8, 4) is 56.5 Å². The maximum absolute atomic E-state index is 14.1. The lowest BCUT2D eigenvalue weighted by molar-refractivity contribution is -0.394. The van der Waals surface area contributed by atoms with Crippen molar-refractivity contribution in [2.45, 2.75) is 157 Å². The maximum atomic E-state index is 14.1. The van der Waals surface area contributed by atoms with E-state index in [1.807, 2.05) is 0 Å². The summed E-state index contributed by atoms with van der Waals surface area (Å²) >= 11 is 0. The molecule has 0 N–H and O–H groups in total. The van der Waals surface area contributed by atoms with Crippen LogP contribution in [-0.4, -0.2) is 120 Å². The van der Waals surface area contributed by atoms with E-state index >= 15 is 0 Å². The lowest BCUT2D eigenvalue weighted by Crippen LogP contribution is -2.48. The molecule has 0 radical (unpaired) electrons. The lowest BCUT2D eigenvalue weighted by atomic mass is 9.85. The highest BCUT2D eigenvalue weighted by atomic mass is 16.7. The minimum absolute atomic E-state index is 0.0266. The Balaban J connectivity index is 0.000000194. The summed E-state index contributed by atoms with van der Waals surface area (Å²) in [7, 11) is 0. The number of hydrogen-bond acceptors (Lipinski definition) is 34. The molecule has 644 valence electrons. The van der Waals surface area contributed by atoms with Gasteiger partial charge in [-0.15, -0.1) is 0 Å². The predicted molar refractivity (Wildman–Crippen MR) is 436 cm³/mol. The first kappa shape index (κ1) is 84.8. The van der Waals surface area contributed by atoms with Gasteiger partial charge >= 0.3 is 36.2 Å². The molecule has 16 rings (SSSR count).